The van der Waals surface area contributed by atoms with Crippen molar-refractivity contribution >= 4 is 11.8 Å². The van der Waals surface area contributed by atoms with Crippen molar-refractivity contribution in [1.82, 2.24) is 10.2 Å². The van der Waals surface area contributed by atoms with Crippen LogP contribution >= 0.6 is 0 Å². The van der Waals surface area contributed by atoms with Crippen LogP contribution in [0.2, 0.25) is 0 Å². The Morgan fingerprint density at radius 2 is 1.77 bits per heavy atom. The lowest BCUT2D eigenvalue weighted by molar-refractivity contribution is -0.157. The number of halogens is 1. The monoisotopic (exact) mass is 418 g/mol. The number of aliphatic hydroxyl groups is 1. The molecular formula is C24H35FN2O3. The molecule has 1 saturated carbocycles. The van der Waals surface area contributed by atoms with Gasteiger partial charge in [0.05, 0.1) is 5.60 Å². The third kappa shape index (κ3) is 4.39. The quantitative estimate of drug-likeness (QED) is 0.768. The van der Waals surface area contributed by atoms with Gasteiger partial charge >= 0.3 is 0 Å². The van der Waals surface area contributed by atoms with Gasteiger partial charge in [-0.2, -0.15) is 0 Å². The Hall–Kier alpha value is -1.95. The van der Waals surface area contributed by atoms with Crippen LogP contribution in [-0.2, 0) is 15.2 Å². The molecule has 0 aromatic heterocycles. The summed E-state index contributed by atoms with van der Waals surface area (Å²) in [6.07, 6.45) is 4.29. The van der Waals surface area contributed by atoms with Gasteiger partial charge in [0, 0.05) is 24.4 Å². The second-order valence-electron chi connectivity index (χ2n) is 9.97. The van der Waals surface area contributed by atoms with E-state index in [1.807, 2.05) is 27.7 Å². The molecule has 1 aromatic carbocycles. The molecule has 0 radical (unpaired) electrons. The summed E-state index contributed by atoms with van der Waals surface area (Å²) in [4.78, 5) is 27.7. The van der Waals surface area contributed by atoms with Crippen molar-refractivity contribution in [3.63, 3.8) is 0 Å². The molecule has 1 aliphatic heterocycles. The molecule has 6 heteroatoms. The standard InChI is InChI=1S/C24H35FN2O3/c1-16(2)20(26-21(28)17-7-5-6-8-17)22(29)27-14-13-24(30,23(3,4)15-27)18-9-11-19(25)12-10-18/h9-12,16-17,20,30H,5-8,13-15H2,1-4H3,(H,26,28)/t20-,24?/m1/s1. The number of carbonyl (C=O) groups is 2. The van der Waals surface area contributed by atoms with Gasteiger partial charge in [0.15, 0.2) is 0 Å². The summed E-state index contributed by atoms with van der Waals surface area (Å²) in [5.74, 6) is -0.459. The number of piperidine rings is 1. The van der Waals surface area contributed by atoms with Gasteiger partial charge in [-0.1, -0.05) is 52.7 Å². The van der Waals surface area contributed by atoms with E-state index in [2.05, 4.69) is 5.32 Å². The van der Waals surface area contributed by atoms with E-state index in [1.54, 1.807) is 17.0 Å². The van der Waals surface area contributed by atoms with Gasteiger partial charge in [0.25, 0.3) is 0 Å². The Bertz CT molecular complexity index is 771. The third-order valence-corrected chi connectivity index (χ3v) is 7.04. The summed E-state index contributed by atoms with van der Waals surface area (Å²) in [7, 11) is 0. The maximum Gasteiger partial charge on any atom is 0.245 e. The van der Waals surface area contributed by atoms with E-state index in [0.29, 0.717) is 25.1 Å². The first-order chi connectivity index (χ1) is 14.0. The zero-order valence-corrected chi connectivity index (χ0v) is 18.6. The molecule has 30 heavy (non-hydrogen) atoms. The molecule has 2 N–H and O–H groups in total. The fourth-order valence-electron chi connectivity index (χ4n) is 4.94. The Balaban J connectivity index is 1.73. The van der Waals surface area contributed by atoms with E-state index >= 15 is 0 Å². The number of likely N-dealkylation sites (tertiary alicyclic amines) is 1. The van der Waals surface area contributed by atoms with Crippen LogP contribution < -0.4 is 5.32 Å². The molecular weight excluding hydrogens is 383 g/mol. The van der Waals surface area contributed by atoms with Gasteiger partial charge < -0.3 is 15.3 Å². The SMILES string of the molecule is CC(C)[C@@H](NC(=O)C1CCCC1)C(=O)N1CCC(O)(c2ccc(F)cc2)C(C)(C)C1. The largest absolute Gasteiger partial charge is 0.384 e. The predicted molar refractivity (Wildman–Crippen MR) is 114 cm³/mol. The van der Waals surface area contributed by atoms with E-state index in [0.717, 1.165) is 25.7 Å². The maximum atomic E-state index is 13.4. The minimum atomic E-state index is -1.15. The van der Waals surface area contributed by atoms with Gasteiger partial charge in [0.2, 0.25) is 11.8 Å². The first-order valence-corrected chi connectivity index (χ1v) is 11.1. The summed E-state index contributed by atoms with van der Waals surface area (Å²) in [6, 6.07) is 5.38. The van der Waals surface area contributed by atoms with Crippen molar-refractivity contribution in [3.8, 4) is 0 Å². The van der Waals surface area contributed by atoms with Gasteiger partial charge in [-0.3, -0.25) is 9.59 Å². The lowest BCUT2D eigenvalue weighted by Crippen LogP contribution is -2.60. The van der Waals surface area contributed by atoms with Crippen molar-refractivity contribution in [3.05, 3.63) is 35.6 Å². The van der Waals surface area contributed by atoms with E-state index in [-0.39, 0.29) is 29.5 Å². The zero-order chi connectivity index (χ0) is 22.1. The fraction of sp³-hybridized carbons (Fsp3) is 0.667. The van der Waals surface area contributed by atoms with Crippen LogP contribution in [0.4, 0.5) is 4.39 Å². The molecule has 1 aliphatic carbocycles. The average Bonchev–Trinajstić information content (AvgIpc) is 3.22. The van der Waals surface area contributed by atoms with Crippen LogP contribution in [0.3, 0.4) is 0 Å². The highest BCUT2D eigenvalue weighted by Crippen LogP contribution is 2.46. The van der Waals surface area contributed by atoms with Crippen LogP contribution in [0.15, 0.2) is 24.3 Å². The highest BCUT2D eigenvalue weighted by molar-refractivity contribution is 5.89. The highest BCUT2D eigenvalue weighted by atomic mass is 19.1. The van der Waals surface area contributed by atoms with Crippen molar-refractivity contribution in [2.45, 2.75) is 71.4 Å². The summed E-state index contributed by atoms with van der Waals surface area (Å²) >= 11 is 0. The molecule has 2 amide bonds. The molecule has 1 aromatic rings. The number of nitrogens with one attached hydrogen (secondary N) is 1. The predicted octanol–water partition coefficient (Wildman–Crippen LogP) is 3.60. The van der Waals surface area contributed by atoms with E-state index < -0.39 is 17.1 Å². The van der Waals surface area contributed by atoms with Gasteiger partial charge in [-0.15, -0.1) is 0 Å². The second-order valence-corrected chi connectivity index (χ2v) is 9.97. The number of hydrogen-bond donors (Lipinski definition) is 2. The average molecular weight is 419 g/mol. The van der Waals surface area contributed by atoms with Crippen LogP contribution in [0.5, 0.6) is 0 Å². The minimum absolute atomic E-state index is 0.0143. The molecule has 166 valence electrons. The normalized spacial score (nSPS) is 25.4. The van der Waals surface area contributed by atoms with Crippen molar-refractivity contribution in [1.29, 1.82) is 0 Å². The molecule has 3 rings (SSSR count). The molecule has 0 bridgehead atoms. The highest BCUT2D eigenvalue weighted by Gasteiger charge is 2.50. The van der Waals surface area contributed by atoms with Crippen LogP contribution in [0, 0.1) is 23.1 Å². The van der Waals surface area contributed by atoms with Gasteiger partial charge in [-0.05, 0) is 42.9 Å². The molecule has 5 nitrogen and oxygen atoms in total. The number of rotatable bonds is 5. The molecule has 2 atom stereocenters. The summed E-state index contributed by atoms with van der Waals surface area (Å²) < 4.78 is 13.4. The summed E-state index contributed by atoms with van der Waals surface area (Å²) in [6.45, 7) is 8.50. The van der Waals surface area contributed by atoms with E-state index in [4.69, 9.17) is 0 Å². The number of nitrogens with zero attached hydrogens (tertiary/aromatic N) is 1. The van der Waals surface area contributed by atoms with E-state index in [1.165, 1.54) is 12.1 Å². The third-order valence-electron chi connectivity index (χ3n) is 7.04. The lowest BCUT2D eigenvalue weighted by Gasteiger charge is -2.51. The lowest BCUT2D eigenvalue weighted by atomic mass is 9.66. The van der Waals surface area contributed by atoms with Crippen LogP contribution in [0.25, 0.3) is 0 Å². The first kappa shape index (κ1) is 22.7. The fourth-order valence-corrected chi connectivity index (χ4v) is 4.94. The molecule has 1 saturated heterocycles. The van der Waals surface area contributed by atoms with E-state index in [9.17, 15) is 19.1 Å². The van der Waals surface area contributed by atoms with Gasteiger partial charge in [0.1, 0.15) is 11.9 Å². The molecule has 1 heterocycles. The molecule has 0 spiro atoms. The minimum Gasteiger partial charge on any atom is -0.384 e. The molecule has 2 aliphatic rings. The number of benzene rings is 1. The number of hydrogen-bond acceptors (Lipinski definition) is 3. The Kier molecular flexibility index (Phi) is 6.56. The number of amides is 2. The Labute approximate surface area is 179 Å². The maximum absolute atomic E-state index is 13.4. The summed E-state index contributed by atoms with van der Waals surface area (Å²) in [5, 5.41) is 14.5. The zero-order valence-electron chi connectivity index (χ0n) is 18.6. The smallest absolute Gasteiger partial charge is 0.245 e. The second kappa shape index (κ2) is 8.66. The Morgan fingerprint density at radius 3 is 2.30 bits per heavy atom. The topological polar surface area (TPSA) is 69.6 Å². The van der Waals surface area contributed by atoms with Gasteiger partial charge in [-0.25, -0.2) is 4.39 Å². The van der Waals surface area contributed by atoms with Crippen LogP contribution in [0.1, 0.15) is 65.4 Å². The molecule has 2 fully saturated rings. The number of carbonyl (C=O) groups excluding carboxylic acids is 2. The van der Waals surface area contributed by atoms with Crippen molar-refractivity contribution < 1.29 is 19.1 Å². The Morgan fingerprint density at radius 1 is 1.17 bits per heavy atom. The van der Waals surface area contributed by atoms with Crippen LogP contribution in [-0.4, -0.2) is 41.0 Å². The molecule has 1 unspecified atom stereocenters. The van der Waals surface area contributed by atoms with Crippen molar-refractivity contribution in [2.75, 3.05) is 13.1 Å². The van der Waals surface area contributed by atoms with Crippen molar-refractivity contribution in [2.24, 2.45) is 17.3 Å². The summed E-state index contributed by atoms with van der Waals surface area (Å²) in [5.41, 5.74) is -1.12. The first-order valence-electron chi connectivity index (χ1n) is 11.1.